The number of fused-ring (bicyclic) bond motifs is 1. The molecule has 1 aliphatic heterocycles. The molecule has 1 aromatic rings. The van der Waals surface area contributed by atoms with Crippen molar-refractivity contribution in [3.05, 3.63) is 29.3 Å². The van der Waals surface area contributed by atoms with Crippen molar-refractivity contribution in [3.8, 4) is 11.5 Å². The molecule has 1 aliphatic rings. The summed E-state index contributed by atoms with van der Waals surface area (Å²) < 4.78 is 5.88. The topological polar surface area (TPSA) is 29.5 Å². The molecule has 0 spiro atoms. The van der Waals surface area contributed by atoms with Gasteiger partial charge in [-0.1, -0.05) is 17.8 Å². The molecule has 1 N–H and O–H groups in total. The molecule has 0 aromatic heterocycles. The Labute approximate surface area is 100 Å². The van der Waals surface area contributed by atoms with Crippen LogP contribution in [0.1, 0.15) is 23.1 Å². The number of ether oxygens (including phenoxy) is 1. The van der Waals surface area contributed by atoms with E-state index in [2.05, 4.69) is 6.58 Å². The monoisotopic (exact) mass is 236 g/mol. The highest BCUT2D eigenvalue weighted by Crippen LogP contribution is 2.50. The smallest absolute Gasteiger partial charge is 0.152 e. The van der Waals surface area contributed by atoms with Crippen LogP contribution in [0.2, 0.25) is 0 Å². The van der Waals surface area contributed by atoms with E-state index < -0.39 is 0 Å². The summed E-state index contributed by atoms with van der Waals surface area (Å²) in [5.74, 6) is 1.33. The maximum atomic E-state index is 9.98. The lowest BCUT2D eigenvalue weighted by molar-refractivity contribution is 0.295. The van der Waals surface area contributed by atoms with Crippen LogP contribution in [0, 0.1) is 20.8 Å². The first kappa shape index (κ1) is 11.4. The third-order valence-electron chi connectivity index (χ3n) is 3.02. The van der Waals surface area contributed by atoms with E-state index in [1.54, 1.807) is 11.8 Å². The summed E-state index contributed by atoms with van der Waals surface area (Å²) >= 11 is 1.67. The van der Waals surface area contributed by atoms with Crippen molar-refractivity contribution in [2.45, 2.75) is 37.5 Å². The summed E-state index contributed by atoms with van der Waals surface area (Å²) in [6, 6.07) is 0. The second-order valence-electron chi connectivity index (χ2n) is 4.07. The summed E-state index contributed by atoms with van der Waals surface area (Å²) in [6.45, 7) is 9.58. The number of phenolic OH excluding ortho intramolecular Hbond substituents is 1. The Morgan fingerprint density at radius 2 is 2.00 bits per heavy atom. The van der Waals surface area contributed by atoms with E-state index in [1.807, 2.05) is 26.8 Å². The number of thioether (sulfide) groups is 1. The zero-order valence-electron chi connectivity index (χ0n) is 9.83. The van der Waals surface area contributed by atoms with Crippen LogP contribution in [0.15, 0.2) is 17.6 Å². The fraction of sp³-hybridized carbons (Fsp3) is 0.385. The average Bonchev–Trinajstić information content (AvgIpc) is 2.68. The van der Waals surface area contributed by atoms with E-state index in [-0.39, 0.29) is 5.44 Å². The minimum Gasteiger partial charge on any atom is -0.507 e. The van der Waals surface area contributed by atoms with Crippen LogP contribution in [0.4, 0.5) is 0 Å². The van der Waals surface area contributed by atoms with E-state index in [0.717, 1.165) is 33.8 Å². The Hall–Kier alpha value is -1.09. The lowest BCUT2D eigenvalue weighted by Crippen LogP contribution is -2.05. The maximum Gasteiger partial charge on any atom is 0.152 e. The van der Waals surface area contributed by atoms with E-state index in [0.29, 0.717) is 5.75 Å². The molecule has 1 atom stereocenters. The third-order valence-corrected chi connectivity index (χ3v) is 4.30. The van der Waals surface area contributed by atoms with Crippen molar-refractivity contribution >= 4 is 11.8 Å². The van der Waals surface area contributed by atoms with Crippen molar-refractivity contribution in [2.75, 3.05) is 0 Å². The summed E-state index contributed by atoms with van der Waals surface area (Å²) in [4.78, 5) is 1.08. The molecule has 1 aromatic carbocycles. The number of rotatable bonds is 2. The fourth-order valence-corrected chi connectivity index (χ4v) is 3.10. The minimum absolute atomic E-state index is 0.103. The highest BCUT2D eigenvalue weighted by Gasteiger charge is 2.28. The predicted molar refractivity (Wildman–Crippen MR) is 67.4 cm³/mol. The van der Waals surface area contributed by atoms with Gasteiger partial charge in [-0.15, -0.1) is 6.58 Å². The predicted octanol–water partition coefficient (Wildman–Crippen LogP) is 3.70. The molecule has 0 fully saturated rings. The van der Waals surface area contributed by atoms with Gasteiger partial charge in [0.1, 0.15) is 11.5 Å². The molecule has 0 amide bonds. The first-order valence-corrected chi connectivity index (χ1v) is 6.21. The van der Waals surface area contributed by atoms with E-state index >= 15 is 0 Å². The SMILES string of the molecule is C=CCC1Oc2c(C)c(C)c(O)c(C)c2S1. The maximum absolute atomic E-state index is 9.98. The number of benzene rings is 1. The Bertz CT molecular complexity index is 415. The standard InChI is InChI=1S/C13H16O2S/c1-5-6-10-15-12-8(3)7(2)11(14)9(4)13(12)16-10/h5,10,14H,1,6H2,2-4H3. The van der Waals surface area contributed by atoms with Gasteiger partial charge in [0, 0.05) is 12.0 Å². The highest BCUT2D eigenvalue weighted by molar-refractivity contribution is 8.00. The van der Waals surface area contributed by atoms with Gasteiger partial charge in [0.15, 0.2) is 5.44 Å². The van der Waals surface area contributed by atoms with E-state index in [9.17, 15) is 5.11 Å². The molecule has 0 aliphatic carbocycles. The zero-order chi connectivity index (χ0) is 11.9. The van der Waals surface area contributed by atoms with Crippen LogP contribution < -0.4 is 4.74 Å². The quantitative estimate of drug-likeness (QED) is 0.794. The molecule has 0 saturated heterocycles. The number of aromatic hydroxyl groups is 1. The van der Waals surface area contributed by atoms with Crippen LogP contribution >= 0.6 is 11.8 Å². The van der Waals surface area contributed by atoms with Gasteiger partial charge in [-0.05, 0) is 31.9 Å². The molecule has 3 heteroatoms. The van der Waals surface area contributed by atoms with Gasteiger partial charge in [0.2, 0.25) is 0 Å². The van der Waals surface area contributed by atoms with Gasteiger partial charge in [-0.2, -0.15) is 0 Å². The molecule has 1 heterocycles. The lowest BCUT2D eigenvalue weighted by Gasteiger charge is -2.12. The van der Waals surface area contributed by atoms with E-state index in [4.69, 9.17) is 4.74 Å². The molecule has 16 heavy (non-hydrogen) atoms. The number of phenols is 1. The second-order valence-corrected chi connectivity index (χ2v) is 5.24. The molecular formula is C13H16O2S. The molecule has 0 saturated carbocycles. The van der Waals surface area contributed by atoms with Crippen LogP contribution in [0.5, 0.6) is 11.5 Å². The fourth-order valence-electron chi connectivity index (χ4n) is 1.88. The van der Waals surface area contributed by atoms with Gasteiger partial charge in [-0.3, -0.25) is 0 Å². The summed E-state index contributed by atoms with van der Waals surface area (Å²) in [6.07, 6.45) is 2.68. The Morgan fingerprint density at radius 1 is 1.31 bits per heavy atom. The molecule has 2 nitrogen and oxygen atoms in total. The van der Waals surface area contributed by atoms with Crippen LogP contribution in [0.25, 0.3) is 0 Å². The molecular weight excluding hydrogens is 220 g/mol. The second kappa shape index (κ2) is 4.06. The van der Waals surface area contributed by atoms with Gasteiger partial charge < -0.3 is 9.84 Å². The molecule has 0 radical (unpaired) electrons. The van der Waals surface area contributed by atoms with Crippen molar-refractivity contribution in [1.82, 2.24) is 0 Å². The third kappa shape index (κ3) is 1.59. The Morgan fingerprint density at radius 3 is 2.62 bits per heavy atom. The van der Waals surface area contributed by atoms with Gasteiger partial charge >= 0.3 is 0 Å². The van der Waals surface area contributed by atoms with Crippen molar-refractivity contribution in [2.24, 2.45) is 0 Å². The Balaban J connectivity index is 2.49. The average molecular weight is 236 g/mol. The minimum atomic E-state index is 0.103. The van der Waals surface area contributed by atoms with Gasteiger partial charge in [0.05, 0.1) is 4.90 Å². The lowest BCUT2D eigenvalue weighted by atomic mass is 10.0. The summed E-state index contributed by atoms with van der Waals surface area (Å²) in [7, 11) is 0. The molecule has 0 bridgehead atoms. The van der Waals surface area contributed by atoms with Gasteiger partial charge in [-0.25, -0.2) is 0 Å². The first-order valence-electron chi connectivity index (χ1n) is 5.33. The number of hydrogen-bond acceptors (Lipinski definition) is 3. The summed E-state index contributed by atoms with van der Waals surface area (Å²) in [5, 5.41) is 9.98. The van der Waals surface area contributed by atoms with Crippen molar-refractivity contribution < 1.29 is 9.84 Å². The number of hydrogen-bond donors (Lipinski definition) is 1. The largest absolute Gasteiger partial charge is 0.507 e. The van der Waals surface area contributed by atoms with Gasteiger partial charge in [0.25, 0.3) is 0 Å². The first-order chi connectivity index (χ1) is 7.56. The Kier molecular flexibility index (Phi) is 2.89. The zero-order valence-corrected chi connectivity index (χ0v) is 10.6. The molecule has 1 unspecified atom stereocenters. The summed E-state index contributed by atoms with van der Waals surface area (Å²) in [5.41, 5.74) is 2.98. The van der Waals surface area contributed by atoms with E-state index in [1.165, 1.54) is 0 Å². The van der Waals surface area contributed by atoms with Crippen molar-refractivity contribution in [3.63, 3.8) is 0 Å². The van der Waals surface area contributed by atoms with Crippen LogP contribution in [0.3, 0.4) is 0 Å². The normalized spacial score (nSPS) is 18.1. The molecule has 86 valence electrons. The molecule has 2 rings (SSSR count). The highest BCUT2D eigenvalue weighted by atomic mass is 32.2. The van der Waals surface area contributed by atoms with Crippen LogP contribution in [-0.4, -0.2) is 10.5 Å². The van der Waals surface area contributed by atoms with Crippen LogP contribution in [-0.2, 0) is 0 Å². The van der Waals surface area contributed by atoms with Crippen molar-refractivity contribution in [1.29, 1.82) is 0 Å².